The number of para-hydroxylation sites is 1. The van der Waals surface area contributed by atoms with Gasteiger partial charge in [0.25, 0.3) is 0 Å². The van der Waals surface area contributed by atoms with E-state index in [2.05, 4.69) is 0 Å². The van der Waals surface area contributed by atoms with Gasteiger partial charge in [-0.1, -0.05) is 6.07 Å². The Bertz CT molecular complexity index is 209. The molecule has 0 heterocycles. The molecule has 0 bridgehead atoms. The van der Waals surface area contributed by atoms with Crippen molar-refractivity contribution in [2.45, 2.75) is 0 Å². The molecule has 5 heteroatoms. The molecule has 0 aliphatic carbocycles. The Morgan fingerprint density at radius 2 is 1.27 bits per heavy atom. The number of rotatable bonds is 0. The first-order valence-corrected chi connectivity index (χ1v) is 2.41. The van der Waals surface area contributed by atoms with Crippen LogP contribution in [0.5, 0.6) is 17.2 Å². The van der Waals surface area contributed by atoms with Gasteiger partial charge in [0, 0.05) is 0 Å². The van der Waals surface area contributed by atoms with Crippen LogP contribution >= 0.6 is 0 Å². The van der Waals surface area contributed by atoms with Gasteiger partial charge in [-0.3, -0.25) is 0 Å². The van der Waals surface area contributed by atoms with Gasteiger partial charge in [0.1, 0.15) is 0 Å². The van der Waals surface area contributed by atoms with Crippen LogP contribution in [0.3, 0.4) is 0 Å². The number of aromatic hydroxyl groups is 3. The van der Waals surface area contributed by atoms with Crippen LogP contribution in [0.15, 0.2) is 18.2 Å². The summed E-state index contributed by atoms with van der Waals surface area (Å²) in [7, 11) is 0. The maximum atomic E-state index is 8.71. The molecule has 0 aliphatic rings. The molecular weight excluding hydrogens is 182 g/mol. The fourth-order valence-corrected chi connectivity index (χ4v) is 0.519. The van der Waals surface area contributed by atoms with Gasteiger partial charge in [-0.05, 0) is 12.1 Å². The molecule has 0 amide bonds. The van der Waals surface area contributed by atoms with Crippen LogP contribution in [0.4, 0.5) is 0 Å². The average molecular weight is 190 g/mol. The number of phenols is 3. The monoisotopic (exact) mass is 190 g/mol. The van der Waals surface area contributed by atoms with E-state index < -0.39 is 5.75 Å². The second-order valence-electron chi connectivity index (χ2n) is 1.64. The van der Waals surface area contributed by atoms with Crippen molar-refractivity contribution in [3.63, 3.8) is 0 Å². The number of phenolic OH excluding ortho intramolecular Hbond substituents is 3. The zero-order valence-electron chi connectivity index (χ0n) is 4.57. The summed E-state index contributed by atoms with van der Waals surface area (Å²) in [6.45, 7) is 0. The third-order valence-corrected chi connectivity index (χ3v) is 0.993. The molecule has 1 aromatic carbocycles. The van der Waals surface area contributed by atoms with E-state index in [1.54, 1.807) is 0 Å². The molecule has 0 atom stereocenters. The van der Waals surface area contributed by atoms with Crippen molar-refractivity contribution in [1.29, 1.82) is 0 Å². The summed E-state index contributed by atoms with van der Waals surface area (Å²) in [5, 5.41) is 26.1. The Labute approximate surface area is 129 Å². The van der Waals surface area contributed by atoms with Crippen LogP contribution < -0.4 is 0 Å². The molecule has 0 fully saturated rings. The summed E-state index contributed by atoms with van der Waals surface area (Å²) < 4.78 is 0. The van der Waals surface area contributed by atoms with Crippen molar-refractivity contribution in [3.8, 4) is 17.2 Å². The topological polar surface area (TPSA) is 60.7 Å². The molecule has 1 rings (SSSR count). The molecular formula is C6H8KNaO3. The second-order valence-corrected chi connectivity index (χ2v) is 1.64. The molecule has 11 heavy (non-hydrogen) atoms. The third-order valence-electron chi connectivity index (χ3n) is 0.993. The Morgan fingerprint density at radius 3 is 1.55 bits per heavy atom. The first kappa shape index (κ1) is 14.8. The molecule has 0 spiro atoms. The van der Waals surface area contributed by atoms with E-state index in [9.17, 15) is 0 Å². The molecule has 0 saturated heterocycles. The molecule has 3 nitrogen and oxygen atoms in total. The Balaban J connectivity index is 0. The minimum atomic E-state index is -0.475. The summed E-state index contributed by atoms with van der Waals surface area (Å²) in [5.74, 6) is -1.09. The maximum absolute atomic E-state index is 8.71. The zero-order valence-corrected chi connectivity index (χ0v) is 4.57. The van der Waals surface area contributed by atoms with Crippen LogP contribution in [0.2, 0.25) is 0 Å². The summed E-state index contributed by atoms with van der Waals surface area (Å²) >= 11 is 0. The van der Waals surface area contributed by atoms with Crippen molar-refractivity contribution in [1.82, 2.24) is 0 Å². The summed E-state index contributed by atoms with van der Waals surface area (Å²) in [4.78, 5) is 0. The van der Waals surface area contributed by atoms with Gasteiger partial charge in [-0.2, -0.15) is 0 Å². The van der Waals surface area contributed by atoms with Crippen molar-refractivity contribution in [3.05, 3.63) is 18.2 Å². The molecule has 0 aliphatic heterocycles. The fraction of sp³-hybridized carbons (Fsp3) is 0. The van der Waals surface area contributed by atoms with E-state index in [-0.39, 0.29) is 92.4 Å². The average Bonchev–Trinajstić information content (AvgIpc) is 1.83. The van der Waals surface area contributed by atoms with Crippen molar-refractivity contribution >= 4 is 80.9 Å². The first-order chi connectivity index (χ1) is 4.22. The van der Waals surface area contributed by atoms with E-state index in [0.717, 1.165) is 0 Å². The van der Waals surface area contributed by atoms with Crippen molar-refractivity contribution in [2.24, 2.45) is 0 Å². The van der Waals surface area contributed by atoms with E-state index in [4.69, 9.17) is 15.3 Å². The molecule has 0 aromatic heterocycles. The van der Waals surface area contributed by atoms with Crippen molar-refractivity contribution in [2.75, 3.05) is 0 Å². The van der Waals surface area contributed by atoms with Gasteiger partial charge >= 0.3 is 80.9 Å². The van der Waals surface area contributed by atoms with Crippen LogP contribution in [0, 0.1) is 0 Å². The summed E-state index contributed by atoms with van der Waals surface area (Å²) in [5.41, 5.74) is 0. The van der Waals surface area contributed by atoms with E-state index >= 15 is 0 Å². The number of benzene rings is 1. The quantitative estimate of drug-likeness (QED) is 0.382. The minimum absolute atomic E-state index is 0. The first-order valence-electron chi connectivity index (χ1n) is 2.41. The third kappa shape index (κ3) is 4.14. The van der Waals surface area contributed by atoms with Gasteiger partial charge in [-0.15, -0.1) is 0 Å². The molecule has 0 saturated carbocycles. The SMILES string of the molecule is Oc1cccc(O)c1O.[KH].[NaH]. The molecule has 1 aromatic rings. The van der Waals surface area contributed by atoms with Crippen LogP contribution in [-0.4, -0.2) is 96.3 Å². The van der Waals surface area contributed by atoms with Crippen LogP contribution in [0.1, 0.15) is 0 Å². The van der Waals surface area contributed by atoms with E-state index in [1.807, 2.05) is 0 Å². The van der Waals surface area contributed by atoms with E-state index in [0.29, 0.717) is 0 Å². The van der Waals surface area contributed by atoms with E-state index in [1.165, 1.54) is 18.2 Å². The predicted octanol–water partition coefficient (Wildman–Crippen LogP) is -0.494. The Kier molecular flexibility index (Phi) is 9.04. The summed E-state index contributed by atoms with van der Waals surface area (Å²) in [6.07, 6.45) is 0. The van der Waals surface area contributed by atoms with Gasteiger partial charge < -0.3 is 15.3 Å². The molecule has 52 valence electrons. The van der Waals surface area contributed by atoms with Crippen LogP contribution in [0.25, 0.3) is 0 Å². The van der Waals surface area contributed by atoms with Gasteiger partial charge in [0.2, 0.25) is 0 Å². The normalized spacial score (nSPS) is 7.64. The predicted molar refractivity (Wildman–Crippen MR) is 45.7 cm³/mol. The van der Waals surface area contributed by atoms with Gasteiger partial charge in [-0.25, -0.2) is 0 Å². The fourth-order valence-electron chi connectivity index (χ4n) is 0.519. The molecule has 3 N–H and O–H groups in total. The molecule has 0 radical (unpaired) electrons. The Hall–Kier alpha value is 1.26. The zero-order chi connectivity index (χ0) is 6.85. The second kappa shape index (κ2) is 6.74. The number of hydrogen-bond acceptors (Lipinski definition) is 3. The van der Waals surface area contributed by atoms with Crippen molar-refractivity contribution < 1.29 is 15.3 Å². The standard InChI is InChI=1S/C6H6O3.K.Na.2H/c7-4-2-1-3-5(8)6(4)9;;;;/h1-3,7-9H;;;;. The van der Waals surface area contributed by atoms with Gasteiger partial charge in [0.15, 0.2) is 17.2 Å². The van der Waals surface area contributed by atoms with Gasteiger partial charge in [0.05, 0.1) is 0 Å². The summed E-state index contributed by atoms with van der Waals surface area (Å²) in [6, 6.07) is 4.01. The Morgan fingerprint density at radius 1 is 0.909 bits per heavy atom. The van der Waals surface area contributed by atoms with Crippen LogP contribution in [-0.2, 0) is 0 Å². The number of hydrogen-bond donors (Lipinski definition) is 3. The molecule has 0 unspecified atom stereocenters.